The van der Waals surface area contributed by atoms with Crippen LogP contribution >= 0.6 is 0 Å². The Hall–Kier alpha value is -3.24. The first-order valence-corrected chi connectivity index (χ1v) is 9.84. The van der Waals surface area contributed by atoms with Crippen LogP contribution in [0.15, 0.2) is 42.5 Å². The number of hydrogen-bond acceptors (Lipinski definition) is 4. The second-order valence-corrected chi connectivity index (χ2v) is 7.24. The largest absolute Gasteiger partial charge is 0.340 e. The van der Waals surface area contributed by atoms with Gasteiger partial charge in [-0.15, -0.1) is 0 Å². The van der Waals surface area contributed by atoms with Gasteiger partial charge in [0.05, 0.1) is 24.7 Å². The van der Waals surface area contributed by atoms with E-state index in [2.05, 4.69) is 5.32 Å². The van der Waals surface area contributed by atoms with Crippen LogP contribution in [0.5, 0.6) is 0 Å². The van der Waals surface area contributed by atoms with Gasteiger partial charge in [0.15, 0.2) is 0 Å². The Bertz CT molecular complexity index is 939. The molecule has 30 heavy (non-hydrogen) atoms. The zero-order chi connectivity index (χ0) is 22.1. The van der Waals surface area contributed by atoms with E-state index in [1.165, 1.54) is 23.1 Å². The first kappa shape index (κ1) is 23.0. The van der Waals surface area contributed by atoms with E-state index in [-0.39, 0.29) is 37.0 Å². The Kier molecular flexibility index (Phi) is 8.51. The summed E-state index contributed by atoms with van der Waals surface area (Å²) < 4.78 is 14.0. The van der Waals surface area contributed by atoms with Crippen LogP contribution in [0.2, 0.25) is 0 Å². The zero-order valence-electron chi connectivity index (χ0n) is 17.6. The van der Waals surface area contributed by atoms with Gasteiger partial charge in [0, 0.05) is 24.8 Å². The van der Waals surface area contributed by atoms with E-state index < -0.39 is 5.82 Å². The standard InChI is InChI=1S/C23H27FN4O2/c1-4-11-28(15-22(29)26-21-8-6-5-7-17(21)2)16-23(30)27(3)14-19-12-18(13-25)9-10-20(19)24/h5-10,12H,4,11,14-16H2,1-3H3,(H,26,29). The minimum atomic E-state index is -0.461. The lowest BCUT2D eigenvalue weighted by molar-refractivity contribution is -0.132. The third-order valence-corrected chi connectivity index (χ3v) is 4.69. The summed E-state index contributed by atoms with van der Waals surface area (Å²) in [5, 5.41) is 11.9. The summed E-state index contributed by atoms with van der Waals surface area (Å²) in [6.07, 6.45) is 0.785. The molecule has 0 aliphatic heterocycles. The van der Waals surface area contributed by atoms with Crippen molar-refractivity contribution < 1.29 is 14.0 Å². The molecule has 0 aliphatic rings. The summed E-state index contributed by atoms with van der Waals surface area (Å²) in [6.45, 7) is 4.65. The maximum Gasteiger partial charge on any atom is 0.238 e. The Morgan fingerprint density at radius 3 is 2.57 bits per heavy atom. The van der Waals surface area contributed by atoms with Crippen LogP contribution in [0.3, 0.4) is 0 Å². The summed E-state index contributed by atoms with van der Waals surface area (Å²) in [6, 6.07) is 13.5. The van der Waals surface area contributed by atoms with Gasteiger partial charge in [-0.3, -0.25) is 14.5 Å². The van der Waals surface area contributed by atoms with Gasteiger partial charge < -0.3 is 10.2 Å². The number of rotatable bonds is 9. The highest BCUT2D eigenvalue weighted by atomic mass is 19.1. The third-order valence-electron chi connectivity index (χ3n) is 4.69. The number of nitrogens with one attached hydrogen (secondary N) is 1. The monoisotopic (exact) mass is 410 g/mol. The number of likely N-dealkylation sites (N-methyl/N-ethyl adjacent to an activating group) is 1. The molecule has 2 aromatic rings. The lowest BCUT2D eigenvalue weighted by atomic mass is 10.1. The number of amides is 2. The van der Waals surface area contributed by atoms with Gasteiger partial charge in [-0.05, 0) is 49.7 Å². The van der Waals surface area contributed by atoms with E-state index >= 15 is 0 Å². The smallest absolute Gasteiger partial charge is 0.238 e. The molecule has 2 rings (SSSR count). The molecular formula is C23H27FN4O2. The van der Waals surface area contributed by atoms with Crippen molar-refractivity contribution >= 4 is 17.5 Å². The van der Waals surface area contributed by atoms with Gasteiger partial charge in [-0.2, -0.15) is 5.26 Å². The van der Waals surface area contributed by atoms with Crippen molar-refractivity contribution in [1.82, 2.24) is 9.80 Å². The van der Waals surface area contributed by atoms with E-state index in [9.17, 15) is 14.0 Å². The lowest BCUT2D eigenvalue weighted by Gasteiger charge is -2.24. The Morgan fingerprint density at radius 1 is 1.17 bits per heavy atom. The number of carbonyl (C=O) groups excluding carboxylic acids is 2. The molecule has 0 bridgehead atoms. The molecule has 0 spiro atoms. The second kappa shape index (κ2) is 11.1. The zero-order valence-corrected chi connectivity index (χ0v) is 17.6. The van der Waals surface area contributed by atoms with Gasteiger partial charge in [0.2, 0.25) is 11.8 Å². The summed E-state index contributed by atoms with van der Waals surface area (Å²) in [7, 11) is 1.58. The van der Waals surface area contributed by atoms with Crippen molar-refractivity contribution in [3.8, 4) is 6.07 Å². The van der Waals surface area contributed by atoms with Crippen LogP contribution in [0.1, 0.15) is 30.0 Å². The summed E-state index contributed by atoms with van der Waals surface area (Å²) in [4.78, 5) is 28.3. The SMILES string of the molecule is CCCN(CC(=O)Nc1ccccc1C)CC(=O)N(C)Cc1cc(C#N)ccc1F. The van der Waals surface area contributed by atoms with Gasteiger partial charge in [-0.25, -0.2) is 4.39 Å². The van der Waals surface area contributed by atoms with E-state index in [1.54, 1.807) is 11.9 Å². The van der Waals surface area contributed by atoms with Gasteiger partial charge in [0.1, 0.15) is 5.82 Å². The fraction of sp³-hybridized carbons (Fsp3) is 0.348. The molecule has 0 atom stereocenters. The molecule has 0 aromatic heterocycles. The quantitative estimate of drug-likeness (QED) is 0.688. The molecule has 0 unspecified atom stereocenters. The van der Waals surface area contributed by atoms with E-state index in [1.807, 2.05) is 44.2 Å². The van der Waals surface area contributed by atoms with Crippen molar-refractivity contribution in [2.24, 2.45) is 0 Å². The maximum atomic E-state index is 14.0. The van der Waals surface area contributed by atoms with Gasteiger partial charge in [-0.1, -0.05) is 25.1 Å². The van der Waals surface area contributed by atoms with E-state index in [0.717, 1.165) is 17.7 Å². The summed E-state index contributed by atoms with van der Waals surface area (Å²) in [5.41, 5.74) is 2.33. The van der Waals surface area contributed by atoms with Crippen molar-refractivity contribution in [2.75, 3.05) is 32.0 Å². The van der Waals surface area contributed by atoms with E-state index in [0.29, 0.717) is 12.1 Å². The number of anilines is 1. The highest BCUT2D eigenvalue weighted by molar-refractivity contribution is 5.93. The summed E-state index contributed by atoms with van der Waals surface area (Å²) in [5.74, 6) is -0.883. The first-order valence-electron chi connectivity index (χ1n) is 9.84. The highest BCUT2D eigenvalue weighted by Crippen LogP contribution is 2.14. The van der Waals surface area contributed by atoms with Crippen molar-refractivity contribution in [2.45, 2.75) is 26.8 Å². The minimum Gasteiger partial charge on any atom is -0.340 e. The third kappa shape index (κ3) is 6.68. The van der Waals surface area contributed by atoms with Crippen LogP contribution < -0.4 is 5.32 Å². The molecular weight excluding hydrogens is 383 g/mol. The van der Waals surface area contributed by atoms with Crippen LogP contribution in [-0.2, 0) is 16.1 Å². The minimum absolute atomic E-state index is 0.0467. The Morgan fingerprint density at radius 2 is 1.90 bits per heavy atom. The number of nitrogens with zero attached hydrogens (tertiary/aromatic N) is 3. The van der Waals surface area contributed by atoms with Crippen LogP contribution in [-0.4, -0.2) is 48.3 Å². The molecule has 7 heteroatoms. The molecule has 2 aromatic carbocycles. The second-order valence-electron chi connectivity index (χ2n) is 7.24. The average molecular weight is 410 g/mol. The molecule has 0 heterocycles. The lowest BCUT2D eigenvalue weighted by Crippen LogP contribution is -2.42. The normalized spacial score (nSPS) is 10.5. The maximum absolute atomic E-state index is 14.0. The first-order chi connectivity index (χ1) is 14.3. The molecule has 0 fully saturated rings. The Balaban J connectivity index is 1.98. The fourth-order valence-corrected chi connectivity index (χ4v) is 3.06. The number of hydrogen-bond donors (Lipinski definition) is 1. The fourth-order valence-electron chi connectivity index (χ4n) is 3.06. The predicted octanol–water partition coefficient (Wildman–Crippen LogP) is 3.31. The van der Waals surface area contributed by atoms with Crippen molar-refractivity contribution in [3.63, 3.8) is 0 Å². The number of benzene rings is 2. The van der Waals surface area contributed by atoms with Gasteiger partial charge in [0.25, 0.3) is 0 Å². The van der Waals surface area contributed by atoms with Crippen molar-refractivity contribution in [1.29, 1.82) is 5.26 Å². The molecule has 2 amide bonds. The Labute approximate surface area is 176 Å². The molecule has 0 saturated heterocycles. The average Bonchev–Trinajstić information content (AvgIpc) is 2.71. The summed E-state index contributed by atoms with van der Waals surface area (Å²) >= 11 is 0. The van der Waals surface area contributed by atoms with Crippen LogP contribution in [0, 0.1) is 24.1 Å². The molecule has 6 nitrogen and oxygen atoms in total. The molecule has 0 radical (unpaired) electrons. The molecule has 1 N–H and O–H groups in total. The predicted molar refractivity (Wildman–Crippen MR) is 114 cm³/mol. The number of nitriles is 1. The number of halogens is 1. The van der Waals surface area contributed by atoms with Crippen molar-refractivity contribution in [3.05, 3.63) is 65.0 Å². The molecule has 0 aliphatic carbocycles. The number of carbonyl (C=O) groups is 2. The van der Waals surface area contributed by atoms with Gasteiger partial charge >= 0.3 is 0 Å². The van der Waals surface area contributed by atoms with E-state index in [4.69, 9.17) is 5.26 Å². The number of aryl methyl sites for hydroxylation is 1. The number of para-hydroxylation sites is 1. The van der Waals surface area contributed by atoms with Crippen LogP contribution in [0.25, 0.3) is 0 Å². The molecule has 158 valence electrons. The molecule has 0 saturated carbocycles. The van der Waals surface area contributed by atoms with Crippen LogP contribution in [0.4, 0.5) is 10.1 Å². The highest BCUT2D eigenvalue weighted by Gasteiger charge is 2.18. The topological polar surface area (TPSA) is 76.4 Å².